The van der Waals surface area contributed by atoms with E-state index in [4.69, 9.17) is 0 Å². The first-order valence-electron chi connectivity index (χ1n) is 7.54. The Bertz CT molecular complexity index is 513. The van der Waals surface area contributed by atoms with E-state index in [1.807, 2.05) is 6.20 Å². The predicted octanol–water partition coefficient (Wildman–Crippen LogP) is 3.49. The summed E-state index contributed by atoms with van der Waals surface area (Å²) in [6, 6.07) is 9.30. The standard InChI is InChI=1S/C17H25N3/c1-4-10-19-17(13-20-12-11-18-14(20)3)16-8-6-15(5-2)7-9-16/h6-9,11-12,17,19H,4-5,10,13H2,1-3H3. The minimum Gasteiger partial charge on any atom is -0.333 e. The van der Waals surface area contributed by atoms with E-state index in [0.29, 0.717) is 6.04 Å². The van der Waals surface area contributed by atoms with E-state index in [9.17, 15) is 0 Å². The molecule has 0 aliphatic carbocycles. The molecular formula is C17H25N3. The number of rotatable bonds is 7. The molecule has 108 valence electrons. The molecule has 1 aromatic carbocycles. The van der Waals surface area contributed by atoms with Gasteiger partial charge in [-0.25, -0.2) is 4.98 Å². The van der Waals surface area contributed by atoms with E-state index in [1.54, 1.807) is 0 Å². The molecular weight excluding hydrogens is 246 g/mol. The Morgan fingerprint density at radius 2 is 1.95 bits per heavy atom. The number of imidazole rings is 1. The molecule has 20 heavy (non-hydrogen) atoms. The van der Waals surface area contributed by atoms with E-state index in [-0.39, 0.29) is 0 Å². The van der Waals surface area contributed by atoms with Crippen LogP contribution in [0.25, 0.3) is 0 Å². The first-order valence-corrected chi connectivity index (χ1v) is 7.54. The molecule has 2 rings (SSSR count). The molecule has 0 amide bonds. The predicted molar refractivity (Wildman–Crippen MR) is 83.8 cm³/mol. The van der Waals surface area contributed by atoms with Gasteiger partial charge >= 0.3 is 0 Å². The average Bonchev–Trinajstić information content (AvgIpc) is 2.89. The Kier molecular flexibility index (Phi) is 5.36. The summed E-state index contributed by atoms with van der Waals surface area (Å²) < 4.78 is 2.21. The van der Waals surface area contributed by atoms with Gasteiger partial charge in [-0.15, -0.1) is 0 Å². The molecule has 0 saturated heterocycles. The molecule has 3 heteroatoms. The average molecular weight is 271 g/mol. The zero-order chi connectivity index (χ0) is 14.4. The first-order chi connectivity index (χ1) is 9.74. The maximum absolute atomic E-state index is 4.31. The van der Waals surface area contributed by atoms with Crippen molar-refractivity contribution in [2.24, 2.45) is 0 Å². The highest BCUT2D eigenvalue weighted by atomic mass is 15.1. The van der Waals surface area contributed by atoms with E-state index < -0.39 is 0 Å². The molecule has 2 aromatic rings. The highest BCUT2D eigenvalue weighted by molar-refractivity contribution is 5.25. The van der Waals surface area contributed by atoms with Crippen LogP contribution in [0.3, 0.4) is 0 Å². The zero-order valence-corrected chi connectivity index (χ0v) is 12.8. The van der Waals surface area contributed by atoms with Crippen molar-refractivity contribution in [2.75, 3.05) is 6.54 Å². The maximum atomic E-state index is 4.31. The van der Waals surface area contributed by atoms with Gasteiger partial charge in [-0.1, -0.05) is 38.1 Å². The second kappa shape index (κ2) is 7.25. The van der Waals surface area contributed by atoms with Crippen molar-refractivity contribution in [3.8, 4) is 0 Å². The van der Waals surface area contributed by atoms with Crippen molar-refractivity contribution < 1.29 is 0 Å². The first kappa shape index (κ1) is 14.8. The Hall–Kier alpha value is -1.61. The lowest BCUT2D eigenvalue weighted by atomic mass is 10.0. The monoisotopic (exact) mass is 271 g/mol. The van der Waals surface area contributed by atoms with Crippen molar-refractivity contribution in [3.05, 3.63) is 53.6 Å². The molecule has 1 atom stereocenters. The van der Waals surface area contributed by atoms with Gasteiger partial charge in [0, 0.05) is 18.9 Å². The molecule has 3 nitrogen and oxygen atoms in total. The van der Waals surface area contributed by atoms with Crippen LogP contribution in [0.2, 0.25) is 0 Å². The lowest BCUT2D eigenvalue weighted by Crippen LogP contribution is -2.26. The molecule has 0 fully saturated rings. The Balaban J connectivity index is 2.15. The van der Waals surface area contributed by atoms with Gasteiger partial charge in [-0.3, -0.25) is 0 Å². The van der Waals surface area contributed by atoms with Gasteiger partial charge in [-0.2, -0.15) is 0 Å². The van der Waals surface area contributed by atoms with Crippen molar-refractivity contribution in [2.45, 2.75) is 46.2 Å². The van der Waals surface area contributed by atoms with Crippen LogP contribution in [0.5, 0.6) is 0 Å². The molecule has 0 aliphatic heterocycles. The summed E-state index contributed by atoms with van der Waals surface area (Å²) in [5.74, 6) is 1.07. The summed E-state index contributed by atoms with van der Waals surface area (Å²) >= 11 is 0. The summed E-state index contributed by atoms with van der Waals surface area (Å²) in [5.41, 5.74) is 2.74. The van der Waals surface area contributed by atoms with Gasteiger partial charge in [0.05, 0.1) is 6.04 Å². The smallest absolute Gasteiger partial charge is 0.105 e. The number of nitrogens with zero attached hydrogens (tertiary/aromatic N) is 2. The van der Waals surface area contributed by atoms with E-state index >= 15 is 0 Å². The van der Waals surface area contributed by atoms with Crippen LogP contribution in [0.15, 0.2) is 36.7 Å². The fraction of sp³-hybridized carbons (Fsp3) is 0.471. The van der Waals surface area contributed by atoms with Gasteiger partial charge in [-0.05, 0) is 37.4 Å². The lowest BCUT2D eigenvalue weighted by molar-refractivity contribution is 0.458. The molecule has 1 unspecified atom stereocenters. The molecule has 0 bridgehead atoms. The van der Waals surface area contributed by atoms with Crippen molar-refractivity contribution in [3.63, 3.8) is 0 Å². The largest absolute Gasteiger partial charge is 0.333 e. The van der Waals surface area contributed by atoms with Gasteiger partial charge in [0.2, 0.25) is 0 Å². The summed E-state index contributed by atoms with van der Waals surface area (Å²) in [5, 5.41) is 3.64. The number of benzene rings is 1. The van der Waals surface area contributed by atoms with Gasteiger partial charge in [0.1, 0.15) is 5.82 Å². The summed E-state index contributed by atoms with van der Waals surface area (Å²) in [6.45, 7) is 8.41. The molecule has 0 spiro atoms. The fourth-order valence-electron chi connectivity index (χ4n) is 2.39. The number of hydrogen-bond donors (Lipinski definition) is 1. The van der Waals surface area contributed by atoms with Crippen LogP contribution in [0, 0.1) is 6.92 Å². The molecule has 0 aliphatic rings. The summed E-state index contributed by atoms with van der Waals surface area (Å²) in [4.78, 5) is 4.31. The second-order valence-electron chi connectivity index (χ2n) is 5.23. The maximum Gasteiger partial charge on any atom is 0.105 e. The highest BCUT2D eigenvalue weighted by Crippen LogP contribution is 2.17. The number of aromatic nitrogens is 2. The van der Waals surface area contributed by atoms with Crippen molar-refractivity contribution in [1.29, 1.82) is 0 Å². The van der Waals surface area contributed by atoms with Crippen LogP contribution in [-0.2, 0) is 13.0 Å². The highest BCUT2D eigenvalue weighted by Gasteiger charge is 2.12. The molecule has 0 saturated carbocycles. The van der Waals surface area contributed by atoms with E-state index in [2.05, 4.69) is 66.1 Å². The Labute approximate surface area is 122 Å². The molecule has 1 heterocycles. The number of aryl methyl sites for hydroxylation is 2. The number of hydrogen-bond acceptors (Lipinski definition) is 2. The summed E-state index contributed by atoms with van der Waals surface area (Å²) in [7, 11) is 0. The van der Waals surface area contributed by atoms with Gasteiger partial charge < -0.3 is 9.88 Å². The second-order valence-corrected chi connectivity index (χ2v) is 5.23. The number of nitrogens with one attached hydrogen (secondary N) is 1. The quantitative estimate of drug-likeness (QED) is 0.835. The van der Waals surface area contributed by atoms with Crippen LogP contribution < -0.4 is 5.32 Å². The van der Waals surface area contributed by atoms with Crippen molar-refractivity contribution in [1.82, 2.24) is 14.9 Å². The fourth-order valence-corrected chi connectivity index (χ4v) is 2.39. The Morgan fingerprint density at radius 1 is 1.20 bits per heavy atom. The van der Waals surface area contributed by atoms with E-state index in [0.717, 1.165) is 31.8 Å². The van der Waals surface area contributed by atoms with Gasteiger partial charge in [0.25, 0.3) is 0 Å². The molecule has 1 aromatic heterocycles. The minimum atomic E-state index is 0.341. The van der Waals surface area contributed by atoms with Crippen LogP contribution in [-0.4, -0.2) is 16.1 Å². The molecule has 1 N–H and O–H groups in total. The SMILES string of the molecule is CCCNC(Cn1ccnc1C)c1ccc(CC)cc1. The van der Waals surface area contributed by atoms with E-state index in [1.165, 1.54) is 11.1 Å². The topological polar surface area (TPSA) is 29.9 Å². The third kappa shape index (κ3) is 3.70. The third-order valence-corrected chi connectivity index (χ3v) is 3.73. The third-order valence-electron chi connectivity index (χ3n) is 3.73. The molecule has 0 radical (unpaired) electrons. The zero-order valence-electron chi connectivity index (χ0n) is 12.8. The normalized spacial score (nSPS) is 12.6. The van der Waals surface area contributed by atoms with Crippen molar-refractivity contribution >= 4 is 0 Å². The lowest BCUT2D eigenvalue weighted by Gasteiger charge is -2.20. The van der Waals surface area contributed by atoms with Crippen LogP contribution in [0.4, 0.5) is 0 Å². The summed E-state index contributed by atoms with van der Waals surface area (Å²) in [6.07, 6.45) is 6.16. The van der Waals surface area contributed by atoms with Crippen LogP contribution >= 0.6 is 0 Å². The minimum absolute atomic E-state index is 0.341. The van der Waals surface area contributed by atoms with Crippen LogP contribution in [0.1, 0.15) is 43.3 Å². The Morgan fingerprint density at radius 3 is 2.50 bits per heavy atom. The van der Waals surface area contributed by atoms with Gasteiger partial charge in [0.15, 0.2) is 0 Å².